The Hall–Kier alpha value is -2.93. The van der Waals surface area contributed by atoms with Gasteiger partial charge in [0.25, 0.3) is 0 Å². The van der Waals surface area contributed by atoms with E-state index >= 15 is 0 Å². The third-order valence-electron chi connectivity index (χ3n) is 6.93. The molecule has 0 unspecified atom stereocenters. The van der Waals surface area contributed by atoms with E-state index in [1.807, 2.05) is 11.0 Å². The van der Waals surface area contributed by atoms with E-state index < -0.39 is 0 Å². The number of aromatic nitrogens is 4. The fourth-order valence-electron chi connectivity index (χ4n) is 4.86. The van der Waals surface area contributed by atoms with Gasteiger partial charge < -0.3 is 9.47 Å². The molecule has 4 aromatic rings. The summed E-state index contributed by atoms with van der Waals surface area (Å²) < 4.78 is 2.25. The third-order valence-corrected chi connectivity index (χ3v) is 7.85. The number of hydrogen-bond acceptors (Lipinski definition) is 5. The molecule has 5 rings (SSSR count). The van der Waals surface area contributed by atoms with Gasteiger partial charge in [-0.3, -0.25) is 4.79 Å². The molecule has 1 amide bonds. The van der Waals surface area contributed by atoms with Crippen LogP contribution in [0.5, 0.6) is 0 Å². The topological polar surface area (TPSA) is 63.9 Å². The van der Waals surface area contributed by atoms with Crippen molar-refractivity contribution >= 4 is 39.7 Å². The zero-order valence-electron chi connectivity index (χ0n) is 20.6. The van der Waals surface area contributed by atoms with E-state index in [-0.39, 0.29) is 0 Å². The van der Waals surface area contributed by atoms with Crippen molar-refractivity contribution in [2.75, 3.05) is 18.8 Å². The Labute approximate surface area is 211 Å². The molecule has 0 N–H and O–H groups in total. The average molecular weight is 488 g/mol. The zero-order chi connectivity index (χ0) is 24.2. The van der Waals surface area contributed by atoms with Crippen LogP contribution in [0, 0.1) is 12.8 Å². The Morgan fingerprint density at radius 1 is 1.06 bits per heavy atom. The lowest BCUT2D eigenvalue weighted by molar-refractivity contribution is -0.132. The van der Waals surface area contributed by atoms with Crippen molar-refractivity contribution in [1.82, 2.24) is 24.6 Å². The number of aryl methyl sites for hydroxylation is 1. The summed E-state index contributed by atoms with van der Waals surface area (Å²) >= 11 is 1.63. The second-order valence-corrected chi connectivity index (χ2v) is 10.8. The Bertz CT molecular complexity index is 1330. The molecule has 0 spiro atoms. The minimum Gasteiger partial charge on any atom is -0.343 e. The number of hydrogen-bond donors (Lipinski definition) is 0. The number of likely N-dealkylation sites (tertiary alicyclic amines) is 1. The van der Waals surface area contributed by atoms with Crippen molar-refractivity contribution < 1.29 is 4.79 Å². The van der Waals surface area contributed by atoms with Gasteiger partial charge in [-0.15, -0.1) is 10.2 Å². The number of benzene rings is 2. The average Bonchev–Trinajstić information content (AvgIpc) is 3.17. The number of carbonyl (C=O) groups is 1. The zero-order valence-corrected chi connectivity index (χ0v) is 21.4. The van der Waals surface area contributed by atoms with Crippen LogP contribution in [-0.2, 0) is 11.3 Å². The lowest BCUT2D eigenvalue weighted by Crippen LogP contribution is -2.37. The van der Waals surface area contributed by atoms with E-state index in [0.717, 1.165) is 79.1 Å². The van der Waals surface area contributed by atoms with Crippen LogP contribution in [0.1, 0.15) is 50.2 Å². The molecule has 2 aromatic carbocycles. The molecular weight excluding hydrogens is 454 g/mol. The fraction of sp³-hybridized carbons (Fsp3) is 0.429. The number of nitrogens with zero attached hydrogens (tertiary/aromatic N) is 5. The molecule has 182 valence electrons. The van der Waals surface area contributed by atoms with Crippen LogP contribution in [-0.4, -0.2) is 49.4 Å². The minimum atomic E-state index is 0.307. The van der Waals surface area contributed by atoms with E-state index in [1.165, 1.54) is 11.1 Å². The molecule has 1 aliphatic heterocycles. The SMILES string of the molecule is Cc1cccc(Cn2c3ccccc3c3nnc(SCCCCC(=O)N4CCC(C)CC4)nc32)c1. The van der Waals surface area contributed by atoms with Crippen LogP contribution >= 0.6 is 11.8 Å². The van der Waals surface area contributed by atoms with E-state index in [2.05, 4.69) is 71.1 Å². The van der Waals surface area contributed by atoms with Crippen molar-refractivity contribution in [2.45, 2.75) is 57.7 Å². The molecule has 0 atom stereocenters. The van der Waals surface area contributed by atoms with Crippen LogP contribution in [0.15, 0.2) is 53.7 Å². The number of rotatable bonds is 8. The van der Waals surface area contributed by atoms with E-state index in [4.69, 9.17) is 4.98 Å². The Balaban J connectivity index is 1.25. The predicted octanol–water partition coefficient (Wildman–Crippen LogP) is 5.86. The fourth-order valence-corrected chi connectivity index (χ4v) is 5.64. The molecule has 0 aliphatic carbocycles. The third kappa shape index (κ3) is 5.50. The van der Waals surface area contributed by atoms with Crippen LogP contribution in [0.4, 0.5) is 0 Å². The number of thioether (sulfide) groups is 1. The molecule has 1 saturated heterocycles. The molecule has 0 saturated carbocycles. The normalized spacial score (nSPS) is 14.7. The largest absolute Gasteiger partial charge is 0.343 e. The first-order valence-electron chi connectivity index (χ1n) is 12.7. The maximum Gasteiger partial charge on any atom is 0.222 e. The number of piperidine rings is 1. The van der Waals surface area contributed by atoms with Gasteiger partial charge >= 0.3 is 0 Å². The highest BCUT2D eigenvalue weighted by atomic mass is 32.2. The predicted molar refractivity (Wildman–Crippen MR) is 143 cm³/mol. The Morgan fingerprint density at radius 2 is 1.89 bits per heavy atom. The van der Waals surface area contributed by atoms with Gasteiger partial charge in [0.2, 0.25) is 11.1 Å². The summed E-state index contributed by atoms with van der Waals surface area (Å²) in [5, 5.41) is 10.8. The Morgan fingerprint density at radius 3 is 2.71 bits per heavy atom. The van der Waals surface area contributed by atoms with Gasteiger partial charge in [0.1, 0.15) is 5.52 Å². The summed E-state index contributed by atoms with van der Waals surface area (Å²) in [5.74, 6) is 1.94. The minimum absolute atomic E-state index is 0.307. The summed E-state index contributed by atoms with van der Waals surface area (Å²) in [6.07, 6.45) is 4.78. The van der Waals surface area contributed by atoms with E-state index in [9.17, 15) is 4.79 Å². The number of carbonyl (C=O) groups excluding carboxylic acids is 1. The summed E-state index contributed by atoms with van der Waals surface area (Å²) in [6, 6.07) is 16.9. The van der Waals surface area contributed by atoms with Gasteiger partial charge in [-0.2, -0.15) is 0 Å². The van der Waals surface area contributed by atoms with Gasteiger partial charge in [-0.1, -0.05) is 66.7 Å². The molecule has 0 bridgehead atoms. The van der Waals surface area contributed by atoms with Crippen molar-refractivity contribution in [3.05, 3.63) is 59.7 Å². The first kappa shape index (κ1) is 23.8. The second kappa shape index (κ2) is 10.8. The molecule has 1 aliphatic rings. The van der Waals surface area contributed by atoms with Crippen molar-refractivity contribution in [2.24, 2.45) is 5.92 Å². The summed E-state index contributed by atoms with van der Waals surface area (Å²) in [6.45, 7) is 6.98. The molecule has 3 heterocycles. The van der Waals surface area contributed by atoms with Crippen molar-refractivity contribution in [3.8, 4) is 0 Å². The smallest absolute Gasteiger partial charge is 0.222 e. The molecule has 2 aromatic heterocycles. The van der Waals surface area contributed by atoms with Gasteiger partial charge in [-0.25, -0.2) is 4.98 Å². The van der Waals surface area contributed by atoms with Crippen molar-refractivity contribution in [3.63, 3.8) is 0 Å². The number of fused-ring (bicyclic) bond motifs is 3. The number of amides is 1. The molecule has 1 fully saturated rings. The highest BCUT2D eigenvalue weighted by molar-refractivity contribution is 7.99. The monoisotopic (exact) mass is 487 g/mol. The second-order valence-electron chi connectivity index (χ2n) is 9.73. The molecule has 35 heavy (non-hydrogen) atoms. The van der Waals surface area contributed by atoms with Crippen LogP contribution in [0.25, 0.3) is 22.1 Å². The lowest BCUT2D eigenvalue weighted by Gasteiger charge is -2.30. The summed E-state index contributed by atoms with van der Waals surface area (Å²) in [4.78, 5) is 19.4. The molecule has 6 nitrogen and oxygen atoms in total. The van der Waals surface area contributed by atoms with Gasteiger partial charge in [0, 0.05) is 37.2 Å². The van der Waals surface area contributed by atoms with Crippen LogP contribution in [0.3, 0.4) is 0 Å². The maximum absolute atomic E-state index is 12.5. The van der Waals surface area contributed by atoms with Crippen molar-refractivity contribution in [1.29, 1.82) is 0 Å². The number of unbranched alkanes of at least 4 members (excludes halogenated alkanes) is 1. The maximum atomic E-state index is 12.5. The van der Waals surface area contributed by atoms with Gasteiger partial charge in [0.05, 0.1) is 5.52 Å². The van der Waals surface area contributed by atoms with Crippen LogP contribution < -0.4 is 0 Å². The number of para-hydroxylation sites is 1. The Kier molecular flexibility index (Phi) is 7.32. The van der Waals surface area contributed by atoms with Crippen LogP contribution in [0.2, 0.25) is 0 Å². The molecule has 7 heteroatoms. The van der Waals surface area contributed by atoms with E-state index in [1.54, 1.807) is 11.8 Å². The van der Waals surface area contributed by atoms with Gasteiger partial charge in [-0.05, 0) is 50.2 Å². The lowest BCUT2D eigenvalue weighted by atomic mass is 9.99. The van der Waals surface area contributed by atoms with E-state index in [0.29, 0.717) is 17.5 Å². The first-order valence-corrected chi connectivity index (χ1v) is 13.6. The molecular formula is C28H33N5OS. The first-order chi connectivity index (χ1) is 17.1. The highest BCUT2D eigenvalue weighted by Gasteiger charge is 2.20. The van der Waals surface area contributed by atoms with Gasteiger partial charge in [0.15, 0.2) is 5.65 Å². The summed E-state index contributed by atoms with van der Waals surface area (Å²) in [5.41, 5.74) is 5.34. The quantitative estimate of drug-likeness (QED) is 0.230. The summed E-state index contributed by atoms with van der Waals surface area (Å²) in [7, 11) is 0. The molecule has 0 radical (unpaired) electrons. The highest BCUT2D eigenvalue weighted by Crippen LogP contribution is 2.28. The standard InChI is InChI=1S/C28H33N5OS/c1-20-13-15-32(16-14-20)25(34)12-5-6-17-35-28-29-27-26(30-31-28)23-10-3-4-11-24(23)33(27)19-22-9-7-8-21(2)18-22/h3-4,7-11,18,20H,5-6,12-17,19H2,1-2H3.